The fraction of sp³-hybridized carbons (Fsp3) is 0.188. The highest BCUT2D eigenvalue weighted by molar-refractivity contribution is 7.92. The van der Waals surface area contributed by atoms with E-state index in [0.717, 1.165) is 17.7 Å². The number of sulfonamides is 1. The molecule has 0 aliphatic heterocycles. The van der Waals surface area contributed by atoms with Crippen LogP contribution in [0.3, 0.4) is 0 Å². The van der Waals surface area contributed by atoms with Crippen molar-refractivity contribution in [2.75, 3.05) is 17.9 Å². The first-order valence-electron chi connectivity index (χ1n) is 13.4. The molecular formula is C32H29ClF3N3O4S. The molecule has 2 amide bonds. The van der Waals surface area contributed by atoms with E-state index < -0.39 is 46.2 Å². The van der Waals surface area contributed by atoms with Crippen molar-refractivity contribution in [3.8, 4) is 0 Å². The van der Waals surface area contributed by atoms with Crippen LogP contribution >= 0.6 is 11.6 Å². The summed E-state index contributed by atoms with van der Waals surface area (Å²) < 4.78 is 69.4. The van der Waals surface area contributed by atoms with Gasteiger partial charge in [0.05, 0.1) is 16.1 Å². The molecule has 0 aromatic heterocycles. The molecule has 4 aromatic rings. The van der Waals surface area contributed by atoms with Gasteiger partial charge in [0.2, 0.25) is 11.8 Å². The van der Waals surface area contributed by atoms with Crippen LogP contribution in [0.15, 0.2) is 114 Å². The number of hydrogen-bond donors (Lipinski definition) is 1. The number of carbonyl (C=O) groups excluding carboxylic acids is 2. The van der Waals surface area contributed by atoms with Gasteiger partial charge in [-0.2, -0.15) is 13.2 Å². The average molecular weight is 644 g/mol. The zero-order valence-electron chi connectivity index (χ0n) is 23.5. The van der Waals surface area contributed by atoms with E-state index in [1.807, 2.05) is 0 Å². The summed E-state index contributed by atoms with van der Waals surface area (Å²) in [5, 5.41) is 3.02. The first-order chi connectivity index (χ1) is 20.9. The molecule has 0 bridgehead atoms. The summed E-state index contributed by atoms with van der Waals surface area (Å²) in [5.74, 6) is -1.31. The summed E-state index contributed by atoms with van der Waals surface area (Å²) in [5.41, 5.74) is -0.105. The van der Waals surface area contributed by atoms with Gasteiger partial charge < -0.3 is 10.2 Å². The number of alkyl halides is 3. The van der Waals surface area contributed by atoms with Gasteiger partial charge >= 0.3 is 6.18 Å². The van der Waals surface area contributed by atoms with Gasteiger partial charge in [-0.15, -0.1) is 0 Å². The molecule has 230 valence electrons. The molecule has 44 heavy (non-hydrogen) atoms. The third-order valence-corrected chi connectivity index (χ3v) is 8.90. The van der Waals surface area contributed by atoms with Crippen molar-refractivity contribution >= 4 is 39.1 Å². The SMILES string of the molecule is CNC(=O)[C@H](Cc1ccccc1)N(Cc1ccc(Cl)cc1)C(=O)CN(c1cccc(C(F)(F)F)c1)S(=O)(=O)c1ccccc1. The summed E-state index contributed by atoms with van der Waals surface area (Å²) in [6.07, 6.45) is -4.67. The van der Waals surface area contributed by atoms with Gasteiger partial charge in [0.1, 0.15) is 12.6 Å². The monoisotopic (exact) mass is 643 g/mol. The number of halogens is 4. The van der Waals surface area contributed by atoms with E-state index in [1.165, 1.54) is 42.3 Å². The molecule has 7 nitrogen and oxygen atoms in total. The Morgan fingerprint density at radius 3 is 2.05 bits per heavy atom. The zero-order valence-corrected chi connectivity index (χ0v) is 25.1. The first-order valence-corrected chi connectivity index (χ1v) is 15.3. The van der Waals surface area contributed by atoms with Gasteiger partial charge in [0, 0.05) is 25.0 Å². The molecule has 0 spiro atoms. The normalized spacial score (nSPS) is 12.3. The summed E-state index contributed by atoms with van der Waals surface area (Å²) in [6, 6.07) is 25.2. The maximum Gasteiger partial charge on any atom is 0.416 e. The van der Waals surface area contributed by atoms with Crippen LogP contribution in [0.1, 0.15) is 16.7 Å². The van der Waals surface area contributed by atoms with Gasteiger partial charge in [-0.1, -0.05) is 78.3 Å². The lowest BCUT2D eigenvalue weighted by molar-refractivity contribution is -0.139. The van der Waals surface area contributed by atoms with Gasteiger partial charge in [0.25, 0.3) is 10.0 Å². The summed E-state index contributed by atoms with van der Waals surface area (Å²) >= 11 is 6.05. The molecule has 1 atom stereocenters. The molecule has 0 aliphatic carbocycles. The van der Waals surface area contributed by atoms with Gasteiger partial charge in [-0.3, -0.25) is 13.9 Å². The van der Waals surface area contributed by atoms with Crippen LogP contribution < -0.4 is 9.62 Å². The van der Waals surface area contributed by atoms with E-state index in [9.17, 15) is 31.2 Å². The van der Waals surface area contributed by atoms with E-state index in [4.69, 9.17) is 11.6 Å². The van der Waals surface area contributed by atoms with Crippen molar-refractivity contribution in [3.05, 3.63) is 131 Å². The Balaban J connectivity index is 1.81. The minimum absolute atomic E-state index is 0.0921. The van der Waals surface area contributed by atoms with Crippen LogP contribution in [0.2, 0.25) is 5.02 Å². The summed E-state index contributed by atoms with van der Waals surface area (Å²) in [6.45, 7) is -0.989. The summed E-state index contributed by atoms with van der Waals surface area (Å²) in [4.78, 5) is 28.5. The Hall–Kier alpha value is -4.35. The fourth-order valence-electron chi connectivity index (χ4n) is 4.59. The van der Waals surface area contributed by atoms with E-state index in [1.54, 1.807) is 60.7 Å². The zero-order chi connectivity index (χ0) is 31.9. The highest BCUT2D eigenvalue weighted by Gasteiger charge is 2.36. The smallest absolute Gasteiger partial charge is 0.357 e. The molecule has 0 unspecified atom stereocenters. The number of benzene rings is 4. The number of hydrogen-bond acceptors (Lipinski definition) is 4. The molecule has 0 fully saturated rings. The molecule has 1 N–H and O–H groups in total. The second kappa shape index (κ2) is 14.0. The average Bonchev–Trinajstić information content (AvgIpc) is 3.02. The van der Waals surface area contributed by atoms with E-state index in [-0.39, 0.29) is 23.5 Å². The molecule has 0 saturated carbocycles. The topological polar surface area (TPSA) is 86.8 Å². The minimum Gasteiger partial charge on any atom is -0.357 e. The number of nitrogens with one attached hydrogen (secondary N) is 1. The number of anilines is 1. The van der Waals surface area contributed by atoms with Crippen LogP contribution in [0.4, 0.5) is 18.9 Å². The van der Waals surface area contributed by atoms with Crippen LogP contribution in [0, 0.1) is 0 Å². The highest BCUT2D eigenvalue weighted by Crippen LogP contribution is 2.33. The maximum absolute atomic E-state index is 14.2. The quantitative estimate of drug-likeness (QED) is 0.219. The first kappa shape index (κ1) is 32.6. The Morgan fingerprint density at radius 1 is 0.841 bits per heavy atom. The lowest BCUT2D eigenvalue weighted by atomic mass is 10.0. The van der Waals surface area contributed by atoms with Crippen molar-refractivity contribution in [3.63, 3.8) is 0 Å². The number of carbonyl (C=O) groups is 2. The van der Waals surface area contributed by atoms with Crippen LogP contribution in [0.5, 0.6) is 0 Å². The second-order valence-corrected chi connectivity index (χ2v) is 12.1. The van der Waals surface area contributed by atoms with E-state index >= 15 is 0 Å². The number of likely N-dealkylation sites (N-methyl/N-ethyl adjacent to an activating group) is 1. The van der Waals surface area contributed by atoms with Gasteiger partial charge in [-0.25, -0.2) is 8.42 Å². The Morgan fingerprint density at radius 2 is 1.45 bits per heavy atom. The minimum atomic E-state index is -4.76. The Bertz CT molecular complexity index is 1690. The molecule has 12 heteroatoms. The van der Waals surface area contributed by atoms with E-state index in [2.05, 4.69) is 5.32 Å². The Kier molecular flexibility index (Phi) is 10.3. The molecular weight excluding hydrogens is 615 g/mol. The van der Waals surface area contributed by atoms with Crippen LogP contribution in [-0.2, 0) is 38.8 Å². The molecule has 0 heterocycles. The van der Waals surface area contributed by atoms with Crippen LogP contribution in [0.25, 0.3) is 0 Å². The lowest BCUT2D eigenvalue weighted by Gasteiger charge is -2.33. The highest BCUT2D eigenvalue weighted by atomic mass is 35.5. The number of nitrogens with zero attached hydrogens (tertiary/aromatic N) is 2. The standard InChI is InChI=1S/C32H29ClF3N3O4S/c1-37-31(41)29(19-23-9-4-2-5-10-23)38(21-24-15-17-26(33)18-16-24)30(40)22-39(44(42,43)28-13-6-3-7-14-28)27-12-8-11-25(20-27)32(34,35)36/h2-18,20,29H,19,21-22H2,1H3,(H,37,41)/t29-/m0/s1. The molecule has 4 aromatic carbocycles. The maximum atomic E-state index is 14.2. The van der Waals surface area contributed by atoms with Crippen molar-refractivity contribution < 1.29 is 31.2 Å². The molecule has 0 radical (unpaired) electrons. The van der Waals surface area contributed by atoms with Crippen molar-refractivity contribution in [2.24, 2.45) is 0 Å². The van der Waals surface area contributed by atoms with Gasteiger partial charge in [-0.05, 0) is 53.6 Å². The lowest BCUT2D eigenvalue weighted by Crippen LogP contribution is -2.53. The van der Waals surface area contributed by atoms with Gasteiger partial charge in [0.15, 0.2) is 0 Å². The number of rotatable bonds is 11. The largest absolute Gasteiger partial charge is 0.416 e. The van der Waals surface area contributed by atoms with Crippen molar-refractivity contribution in [2.45, 2.75) is 30.1 Å². The van der Waals surface area contributed by atoms with Crippen molar-refractivity contribution in [1.82, 2.24) is 10.2 Å². The summed E-state index contributed by atoms with van der Waals surface area (Å²) in [7, 11) is -3.12. The van der Waals surface area contributed by atoms with Crippen molar-refractivity contribution in [1.29, 1.82) is 0 Å². The molecule has 4 rings (SSSR count). The predicted molar refractivity (Wildman–Crippen MR) is 162 cm³/mol. The third kappa shape index (κ3) is 7.97. The second-order valence-electron chi connectivity index (χ2n) is 9.84. The molecule has 0 saturated heterocycles. The molecule has 0 aliphatic rings. The predicted octanol–water partition coefficient (Wildman–Crippen LogP) is 5.94. The Labute approximate surface area is 258 Å². The third-order valence-electron chi connectivity index (χ3n) is 6.86. The van der Waals surface area contributed by atoms with E-state index in [0.29, 0.717) is 21.0 Å². The fourth-order valence-corrected chi connectivity index (χ4v) is 6.15. The number of amides is 2. The van der Waals surface area contributed by atoms with Crippen LogP contribution in [-0.4, -0.2) is 44.8 Å².